The lowest BCUT2D eigenvalue weighted by Crippen LogP contribution is -2.46. The van der Waals surface area contributed by atoms with E-state index in [2.05, 4.69) is 13.8 Å². The summed E-state index contributed by atoms with van der Waals surface area (Å²) in [5, 5.41) is 0. The van der Waals surface area contributed by atoms with Gasteiger partial charge < -0.3 is 0 Å². The van der Waals surface area contributed by atoms with Crippen molar-refractivity contribution < 1.29 is 8.42 Å². The molecule has 1 atom stereocenters. The van der Waals surface area contributed by atoms with Crippen molar-refractivity contribution in [3.8, 4) is 0 Å². The largest absolute Gasteiger partial charge is 0.243 e. The molecule has 0 spiro atoms. The van der Waals surface area contributed by atoms with Crippen molar-refractivity contribution in [1.29, 1.82) is 0 Å². The van der Waals surface area contributed by atoms with Crippen LogP contribution in [-0.4, -0.2) is 25.3 Å². The topological polar surface area (TPSA) is 37.4 Å². The molecule has 0 bridgehead atoms. The summed E-state index contributed by atoms with van der Waals surface area (Å²) >= 11 is 0. The van der Waals surface area contributed by atoms with Crippen LogP contribution in [0.4, 0.5) is 0 Å². The first-order chi connectivity index (χ1) is 8.53. The quantitative estimate of drug-likeness (QED) is 0.844. The molecule has 0 aromatic heterocycles. The zero-order chi connectivity index (χ0) is 13.2. The van der Waals surface area contributed by atoms with E-state index < -0.39 is 10.0 Å². The molecule has 1 heterocycles. The molecule has 1 saturated heterocycles. The first kappa shape index (κ1) is 13.6. The molecule has 100 valence electrons. The molecule has 1 fully saturated rings. The lowest BCUT2D eigenvalue weighted by molar-refractivity contribution is 0.203. The van der Waals surface area contributed by atoms with Crippen molar-refractivity contribution in [2.24, 2.45) is 5.92 Å². The maximum absolute atomic E-state index is 12.6. The summed E-state index contributed by atoms with van der Waals surface area (Å²) in [7, 11) is -3.32. The van der Waals surface area contributed by atoms with Crippen LogP contribution in [-0.2, 0) is 10.0 Å². The van der Waals surface area contributed by atoms with Gasteiger partial charge in [-0.05, 0) is 30.9 Å². The zero-order valence-electron chi connectivity index (χ0n) is 11.0. The third kappa shape index (κ3) is 2.59. The van der Waals surface area contributed by atoms with Crippen LogP contribution in [0.25, 0.3) is 0 Å². The number of piperidine rings is 1. The summed E-state index contributed by atoms with van der Waals surface area (Å²) in [5.74, 6) is 0.365. The van der Waals surface area contributed by atoms with Crippen LogP contribution in [0.5, 0.6) is 0 Å². The Labute approximate surface area is 110 Å². The number of nitrogens with zero attached hydrogens (tertiary/aromatic N) is 1. The molecule has 0 aliphatic carbocycles. The van der Waals surface area contributed by atoms with Crippen molar-refractivity contribution in [2.75, 3.05) is 6.54 Å². The molecule has 18 heavy (non-hydrogen) atoms. The lowest BCUT2D eigenvalue weighted by atomic mass is 9.95. The maximum atomic E-state index is 12.6. The number of sulfonamides is 1. The number of benzene rings is 1. The molecule has 0 saturated carbocycles. The van der Waals surface area contributed by atoms with E-state index in [1.165, 1.54) is 0 Å². The molecule has 3 nitrogen and oxygen atoms in total. The van der Waals surface area contributed by atoms with Crippen molar-refractivity contribution in [3.63, 3.8) is 0 Å². The van der Waals surface area contributed by atoms with Crippen LogP contribution in [0.3, 0.4) is 0 Å². The second-order valence-electron chi connectivity index (χ2n) is 5.24. The zero-order valence-corrected chi connectivity index (χ0v) is 11.9. The predicted molar refractivity (Wildman–Crippen MR) is 72.8 cm³/mol. The fraction of sp³-hybridized carbons (Fsp3) is 0.571. The molecule has 0 amide bonds. The van der Waals surface area contributed by atoms with Crippen LogP contribution >= 0.6 is 0 Å². The molecule has 1 aliphatic heterocycles. The van der Waals surface area contributed by atoms with E-state index in [9.17, 15) is 8.42 Å². The molecular weight excluding hydrogens is 246 g/mol. The maximum Gasteiger partial charge on any atom is 0.243 e. The molecule has 1 aliphatic rings. The van der Waals surface area contributed by atoms with E-state index in [0.29, 0.717) is 17.4 Å². The van der Waals surface area contributed by atoms with Crippen LogP contribution in [0.1, 0.15) is 33.1 Å². The summed E-state index contributed by atoms with van der Waals surface area (Å²) in [6.07, 6.45) is 3.07. The first-order valence-electron chi connectivity index (χ1n) is 6.60. The third-order valence-corrected chi connectivity index (χ3v) is 5.56. The summed E-state index contributed by atoms with van der Waals surface area (Å²) in [4.78, 5) is 0.414. The average molecular weight is 267 g/mol. The summed E-state index contributed by atoms with van der Waals surface area (Å²) < 4.78 is 27.0. The van der Waals surface area contributed by atoms with E-state index in [1.807, 2.05) is 6.07 Å². The van der Waals surface area contributed by atoms with E-state index in [0.717, 1.165) is 19.3 Å². The Balaban J connectivity index is 2.34. The number of hydrogen-bond acceptors (Lipinski definition) is 2. The van der Waals surface area contributed by atoms with E-state index in [4.69, 9.17) is 0 Å². The van der Waals surface area contributed by atoms with E-state index in [-0.39, 0.29) is 6.04 Å². The molecular formula is C14H21NO2S. The van der Waals surface area contributed by atoms with Crippen LogP contribution < -0.4 is 0 Å². The van der Waals surface area contributed by atoms with Gasteiger partial charge in [-0.15, -0.1) is 0 Å². The van der Waals surface area contributed by atoms with Crippen LogP contribution in [0.2, 0.25) is 0 Å². The van der Waals surface area contributed by atoms with Gasteiger partial charge in [0.25, 0.3) is 0 Å². The lowest BCUT2D eigenvalue weighted by Gasteiger charge is -2.37. The van der Waals surface area contributed by atoms with Gasteiger partial charge in [0.05, 0.1) is 4.90 Å². The van der Waals surface area contributed by atoms with Gasteiger partial charge in [0.2, 0.25) is 10.0 Å². The molecule has 4 heteroatoms. The summed E-state index contributed by atoms with van der Waals surface area (Å²) in [5.41, 5.74) is 0. The minimum absolute atomic E-state index is 0.143. The highest BCUT2D eigenvalue weighted by Gasteiger charge is 2.34. The third-order valence-electron chi connectivity index (χ3n) is 3.62. The highest BCUT2D eigenvalue weighted by atomic mass is 32.2. The van der Waals surface area contributed by atoms with Gasteiger partial charge in [-0.25, -0.2) is 8.42 Å². The van der Waals surface area contributed by atoms with Gasteiger partial charge >= 0.3 is 0 Å². The molecule has 1 aromatic carbocycles. The van der Waals surface area contributed by atoms with Gasteiger partial charge in [0, 0.05) is 12.6 Å². The van der Waals surface area contributed by atoms with Crippen molar-refractivity contribution in [2.45, 2.75) is 44.0 Å². The van der Waals surface area contributed by atoms with Gasteiger partial charge in [-0.2, -0.15) is 4.31 Å². The molecule has 0 N–H and O–H groups in total. The van der Waals surface area contributed by atoms with Gasteiger partial charge in [0.1, 0.15) is 0 Å². The van der Waals surface area contributed by atoms with Crippen LogP contribution in [0, 0.1) is 5.92 Å². The van der Waals surface area contributed by atoms with Crippen molar-refractivity contribution >= 4 is 10.0 Å². The van der Waals surface area contributed by atoms with Crippen LogP contribution in [0.15, 0.2) is 35.2 Å². The number of hydrogen-bond donors (Lipinski definition) is 0. The standard InChI is InChI=1S/C14H21NO2S/c1-12(2)14-10-6-7-11-15(14)18(16,17)13-8-4-3-5-9-13/h3-5,8-9,12,14H,6-7,10-11H2,1-2H3. The Kier molecular flexibility index (Phi) is 4.07. The monoisotopic (exact) mass is 267 g/mol. The van der Waals surface area contributed by atoms with Crippen molar-refractivity contribution in [1.82, 2.24) is 4.31 Å². The molecule has 0 radical (unpaired) electrons. The normalized spacial score (nSPS) is 22.3. The van der Waals surface area contributed by atoms with Gasteiger partial charge in [-0.3, -0.25) is 0 Å². The Morgan fingerprint density at radius 1 is 1.17 bits per heavy atom. The highest BCUT2D eigenvalue weighted by molar-refractivity contribution is 7.89. The fourth-order valence-corrected chi connectivity index (χ4v) is 4.47. The molecule has 1 aromatic rings. The Hall–Kier alpha value is -0.870. The Morgan fingerprint density at radius 2 is 1.83 bits per heavy atom. The van der Waals surface area contributed by atoms with Crippen molar-refractivity contribution in [3.05, 3.63) is 30.3 Å². The fourth-order valence-electron chi connectivity index (χ4n) is 2.62. The summed E-state index contributed by atoms with van der Waals surface area (Å²) in [6.45, 7) is 4.85. The molecule has 1 unspecified atom stereocenters. The van der Waals surface area contributed by atoms with E-state index in [1.54, 1.807) is 28.6 Å². The Morgan fingerprint density at radius 3 is 2.44 bits per heavy atom. The second-order valence-corrected chi connectivity index (χ2v) is 7.13. The smallest absolute Gasteiger partial charge is 0.207 e. The highest BCUT2D eigenvalue weighted by Crippen LogP contribution is 2.28. The Bertz CT molecular complexity index is 482. The van der Waals surface area contributed by atoms with E-state index >= 15 is 0 Å². The average Bonchev–Trinajstić information content (AvgIpc) is 2.39. The minimum Gasteiger partial charge on any atom is -0.207 e. The van der Waals surface area contributed by atoms with Gasteiger partial charge in [-0.1, -0.05) is 38.5 Å². The predicted octanol–water partition coefficient (Wildman–Crippen LogP) is 2.89. The number of rotatable bonds is 3. The minimum atomic E-state index is -3.32. The van der Waals surface area contributed by atoms with Gasteiger partial charge in [0.15, 0.2) is 0 Å². The summed E-state index contributed by atoms with van der Waals surface area (Å²) in [6, 6.07) is 8.91. The first-order valence-corrected chi connectivity index (χ1v) is 8.04. The SMILES string of the molecule is CC(C)C1CCCCN1S(=O)(=O)c1ccccc1. The second kappa shape index (κ2) is 5.41. The molecule has 2 rings (SSSR count).